The molecular formula is C27H24N2O3. The van der Waals surface area contributed by atoms with Gasteiger partial charge in [-0.05, 0) is 37.5 Å². The van der Waals surface area contributed by atoms with E-state index in [4.69, 9.17) is 4.42 Å². The van der Waals surface area contributed by atoms with Crippen LogP contribution in [0.1, 0.15) is 37.7 Å². The summed E-state index contributed by atoms with van der Waals surface area (Å²) in [5.41, 5.74) is 4.16. The first-order chi connectivity index (χ1) is 15.6. The van der Waals surface area contributed by atoms with E-state index in [0.29, 0.717) is 38.3 Å². The van der Waals surface area contributed by atoms with Gasteiger partial charge >= 0.3 is 0 Å². The van der Waals surface area contributed by atoms with Crippen LogP contribution in [0.5, 0.6) is 0 Å². The maximum Gasteiger partial charge on any atom is 0.196 e. The first kappa shape index (κ1) is 19.1. The summed E-state index contributed by atoms with van der Waals surface area (Å²) in [5, 5.41) is 5.35. The van der Waals surface area contributed by atoms with Gasteiger partial charge in [0, 0.05) is 22.9 Å². The van der Waals surface area contributed by atoms with Crippen LogP contribution in [0.3, 0.4) is 0 Å². The van der Waals surface area contributed by atoms with Crippen LogP contribution in [0.4, 0.5) is 5.69 Å². The van der Waals surface area contributed by atoms with Crippen molar-refractivity contribution in [2.45, 2.75) is 45.1 Å². The molecule has 0 unspecified atom stereocenters. The summed E-state index contributed by atoms with van der Waals surface area (Å²) in [6, 6.07) is 15.2. The van der Waals surface area contributed by atoms with Crippen molar-refractivity contribution in [1.29, 1.82) is 0 Å². The van der Waals surface area contributed by atoms with Crippen molar-refractivity contribution < 1.29 is 4.42 Å². The van der Waals surface area contributed by atoms with Gasteiger partial charge in [-0.25, -0.2) is 0 Å². The van der Waals surface area contributed by atoms with Gasteiger partial charge in [0.05, 0.1) is 27.5 Å². The van der Waals surface area contributed by atoms with E-state index in [1.165, 1.54) is 19.3 Å². The Bertz CT molecular complexity index is 1640. The summed E-state index contributed by atoms with van der Waals surface area (Å²) in [4.78, 5) is 30.7. The van der Waals surface area contributed by atoms with Gasteiger partial charge in [0.25, 0.3) is 0 Å². The van der Waals surface area contributed by atoms with Crippen LogP contribution < -0.4 is 16.2 Å². The molecule has 0 aliphatic heterocycles. The van der Waals surface area contributed by atoms with Crippen molar-refractivity contribution in [3.05, 3.63) is 74.5 Å². The van der Waals surface area contributed by atoms with E-state index in [2.05, 4.69) is 10.3 Å². The molecule has 5 heteroatoms. The van der Waals surface area contributed by atoms with Gasteiger partial charge in [0.15, 0.2) is 22.0 Å². The molecule has 0 bridgehead atoms. The molecule has 160 valence electrons. The van der Waals surface area contributed by atoms with Crippen LogP contribution in [-0.4, -0.2) is 11.0 Å². The number of hydrogen-bond acceptors (Lipinski definition) is 4. The summed E-state index contributed by atoms with van der Waals surface area (Å²) in [7, 11) is 0. The van der Waals surface area contributed by atoms with E-state index in [0.717, 1.165) is 29.5 Å². The minimum atomic E-state index is -0.148. The summed E-state index contributed by atoms with van der Waals surface area (Å²) < 4.78 is 6.26. The molecule has 4 aromatic carbocycles. The quantitative estimate of drug-likeness (QED) is 0.269. The molecule has 1 aliphatic rings. The second kappa shape index (κ2) is 7.23. The lowest BCUT2D eigenvalue weighted by Crippen LogP contribution is -2.24. The van der Waals surface area contributed by atoms with Gasteiger partial charge in [-0.3, -0.25) is 9.59 Å². The van der Waals surface area contributed by atoms with E-state index in [1.807, 2.05) is 37.3 Å². The SMILES string of the molecule is Cc1ccc2[nH]c3c(cc(NC4CCCCC4)c4c(=O)c5ccccc5c(=O)c43)oc2c1. The molecule has 1 heterocycles. The maximum atomic E-state index is 13.7. The molecule has 1 fully saturated rings. The van der Waals surface area contributed by atoms with Gasteiger partial charge in [0.1, 0.15) is 0 Å². The number of nitrogens with one attached hydrogen (secondary N) is 2. The molecule has 5 nitrogen and oxygen atoms in total. The van der Waals surface area contributed by atoms with Crippen LogP contribution in [0.2, 0.25) is 0 Å². The highest BCUT2D eigenvalue weighted by atomic mass is 16.3. The van der Waals surface area contributed by atoms with Crippen LogP contribution in [0, 0.1) is 6.92 Å². The fourth-order valence-electron chi connectivity index (χ4n) is 5.13. The zero-order valence-electron chi connectivity index (χ0n) is 18.0. The third-order valence-corrected chi connectivity index (χ3v) is 6.74. The van der Waals surface area contributed by atoms with Crippen molar-refractivity contribution in [3.8, 4) is 0 Å². The van der Waals surface area contributed by atoms with E-state index in [-0.39, 0.29) is 16.9 Å². The van der Waals surface area contributed by atoms with Crippen molar-refractivity contribution in [1.82, 2.24) is 4.98 Å². The molecule has 6 rings (SSSR count). The smallest absolute Gasteiger partial charge is 0.196 e. The largest absolute Gasteiger partial charge is 0.453 e. The van der Waals surface area contributed by atoms with Gasteiger partial charge in [-0.2, -0.15) is 0 Å². The van der Waals surface area contributed by atoms with Gasteiger partial charge in [-0.15, -0.1) is 0 Å². The molecule has 0 spiro atoms. The van der Waals surface area contributed by atoms with Crippen molar-refractivity contribution in [3.63, 3.8) is 0 Å². The zero-order valence-corrected chi connectivity index (χ0v) is 18.0. The fourth-order valence-corrected chi connectivity index (χ4v) is 5.13. The third-order valence-electron chi connectivity index (χ3n) is 6.74. The molecule has 1 aliphatic carbocycles. The molecule has 1 aromatic heterocycles. The van der Waals surface area contributed by atoms with E-state index < -0.39 is 0 Å². The summed E-state index contributed by atoms with van der Waals surface area (Å²) >= 11 is 0. The summed E-state index contributed by atoms with van der Waals surface area (Å²) in [5.74, 6) is 0. The van der Waals surface area contributed by atoms with E-state index >= 15 is 0 Å². The van der Waals surface area contributed by atoms with Crippen molar-refractivity contribution in [2.24, 2.45) is 0 Å². The fraction of sp³-hybridized carbons (Fsp3) is 0.259. The lowest BCUT2D eigenvalue weighted by Gasteiger charge is -2.24. The number of aromatic amines is 1. The number of hydrogen-bond donors (Lipinski definition) is 2. The molecule has 0 saturated heterocycles. The Balaban J connectivity index is 1.76. The number of aryl methyl sites for hydroxylation is 1. The molecule has 32 heavy (non-hydrogen) atoms. The van der Waals surface area contributed by atoms with Crippen LogP contribution in [-0.2, 0) is 0 Å². The highest BCUT2D eigenvalue weighted by Gasteiger charge is 2.21. The maximum absolute atomic E-state index is 13.7. The predicted octanol–water partition coefficient (Wildman–Crippen LogP) is 5.99. The number of rotatable bonds is 2. The van der Waals surface area contributed by atoms with Crippen molar-refractivity contribution in [2.75, 3.05) is 5.32 Å². The predicted molar refractivity (Wildman–Crippen MR) is 131 cm³/mol. The lowest BCUT2D eigenvalue weighted by atomic mass is 9.94. The zero-order chi connectivity index (χ0) is 21.8. The number of anilines is 1. The number of H-pyrrole nitrogens is 1. The molecule has 0 atom stereocenters. The first-order valence-corrected chi connectivity index (χ1v) is 11.3. The molecule has 0 radical (unpaired) electrons. The summed E-state index contributed by atoms with van der Waals surface area (Å²) in [6.07, 6.45) is 5.71. The minimum absolute atomic E-state index is 0.118. The van der Waals surface area contributed by atoms with E-state index in [9.17, 15) is 9.59 Å². The summed E-state index contributed by atoms with van der Waals surface area (Å²) in [6.45, 7) is 2.02. The topological polar surface area (TPSA) is 75.1 Å². The monoisotopic (exact) mass is 424 g/mol. The van der Waals surface area contributed by atoms with Crippen molar-refractivity contribution >= 4 is 49.4 Å². The molecule has 2 N–H and O–H groups in total. The van der Waals surface area contributed by atoms with Crippen LogP contribution >= 0.6 is 0 Å². The Kier molecular flexibility index (Phi) is 4.32. The van der Waals surface area contributed by atoms with Gasteiger partial charge < -0.3 is 14.7 Å². The first-order valence-electron chi connectivity index (χ1n) is 11.3. The van der Waals surface area contributed by atoms with Crippen LogP contribution in [0.25, 0.3) is 43.7 Å². The van der Waals surface area contributed by atoms with E-state index in [1.54, 1.807) is 18.2 Å². The normalized spacial score (nSPS) is 15.2. The van der Waals surface area contributed by atoms with Gasteiger partial charge in [0.2, 0.25) is 0 Å². The molecule has 5 aromatic rings. The number of aromatic nitrogens is 1. The Morgan fingerprint density at radius 2 is 1.59 bits per heavy atom. The Morgan fingerprint density at radius 1 is 0.875 bits per heavy atom. The third kappa shape index (κ3) is 2.92. The number of fused-ring (bicyclic) bond motifs is 5. The second-order valence-corrected chi connectivity index (χ2v) is 8.96. The van der Waals surface area contributed by atoms with Gasteiger partial charge in [-0.1, -0.05) is 49.6 Å². The highest BCUT2D eigenvalue weighted by molar-refractivity contribution is 6.14. The van der Waals surface area contributed by atoms with Crippen LogP contribution in [0.15, 0.2) is 62.5 Å². The minimum Gasteiger partial charge on any atom is -0.453 e. The Morgan fingerprint density at radius 3 is 2.34 bits per heavy atom. The lowest BCUT2D eigenvalue weighted by molar-refractivity contribution is 0.463. The molecule has 1 saturated carbocycles. The standard InChI is InChI=1S/C27H24N2O3/c1-15-11-12-19-21(13-15)32-22-14-20(28-16-7-3-2-4-8-16)23-24(25(22)29-19)27(31)18-10-6-5-9-17(18)26(23)30/h5-6,9-14,16,28-29H,2-4,7-8H2,1H3. The second-order valence-electron chi connectivity index (χ2n) is 8.96. The Hall–Kier alpha value is -3.60. The number of benzene rings is 4. The molecule has 0 amide bonds. The molecular weight excluding hydrogens is 400 g/mol. The average Bonchev–Trinajstić information content (AvgIpc) is 2.81. The Labute approximate surface area is 184 Å². The highest BCUT2D eigenvalue weighted by Crippen LogP contribution is 2.33. The average molecular weight is 425 g/mol.